The molecule has 1 atom stereocenters. The third-order valence-corrected chi connectivity index (χ3v) is 2.04. The van der Waals surface area contributed by atoms with Crippen LogP contribution in [-0.4, -0.2) is 48.2 Å². The summed E-state index contributed by atoms with van der Waals surface area (Å²) in [6.07, 6.45) is 0.799. The summed E-state index contributed by atoms with van der Waals surface area (Å²) in [5.74, 6) is 0.445. The number of carbonyl (C=O) groups is 1. The van der Waals surface area contributed by atoms with Crippen molar-refractivity contribution in [1.82, 2.24) is 9.80 Å². The van der Waals surface area contributed by atoms with E-state index in [-0.39, 0.29) is 12.1 Å². The van der Waals surface area contributed by atoms with Gasteiger partial charge in [0.15, 0.2) is 0 Å². The Kier molecular flexibility index (Phi) is 4.45. The Morgan fingerprint density at radius 1 is 1.31 bits per heavy atom. The molecule has 4 nitrogen and oxygen atoms in total. The van der Waals surface area contributed by atoms with Crippen LogP contribution in [0.4, 0.5) is 0 Å². The van der Waals surface area contributed by atoms with Gasteiger partial charge < -0.3 is 9.80 Å². The van der Waals surface area contributed by atoms with Gasteiger partial charge in [0.05, 0.1) is 6.04 Å². The maximum atomic E-state index is 10.7. The Balaban J connectivity index is 4.45. The normalized spacial score (nSPS) is 12.5. The molecule has 0 aromatic heterocycles. The Bertz CT molecular complexity index is 189. The second kappa shape index (κ2) is 4.84. The monoisotopic (exact) mass is 185 g/mol. The number of nitrogens with zero attached hydrogens (tertiary/aromatic N) is 2. The number of rotatable bonds is 4. The summed E-state index contributed by atoms with van der Waals surface area (Å²) < 4.78 is 0. The minimum Gasteiger partial charge on any atom is -0.365 e. The zero-order valence-corrected chi connectivity index (χ0v) is 9.03. The van der Waals surface area contributed by atoms with Crippen LogP contribution in [0, 0.1) is 5.41 Å². The first-order valence-electron chi connectivity index (χ1n) is 4.40. The highest BCUT2D eigenvalue weighted by Gasteiger charge is 2.19. The fourth-order valence-electron chi connectivity index (χ4n) is 1.18. The smallest absolute Gasteiger partial charge is 0.210 e. The first kappa shape index (κ1) is 11.9. The molecule has 0 aromatic carbocycles. The minimum absolute atomic E-state index is 0.132. The molecule has 0 aliphatic rings. The standard InChI is InChI=1S/C9H19N3O/c1-7(2)12(6-13)8(3)9(10)11(4)5/h6-8,10H,1-5H3. The lowest BCUT2D eigenvalue weighted by Crippen LogP contribution is -2.46. The summed E-state index contributed by atoms with van der Waals surface area (Å²) >= 11 is 0. The lowest BCUT2D eigenvalue weighted by Gasteiger charge is -2.31. The summed E-state index contributed by atoms with van der Waals surface area (Å²) in [6, 6.07) is -0.0275. The van der Waals surface area contributed by atoms with E-state index in [9.17, 15) is 4.79 Å². The van der Waals surface area contributed by atoms with Crippen LogP contribution in [0.5, 0.6) is 0 Å². The van der Waals surface area contributed by atoms with Crippen molar-refractivity contribution in [2.24, 2.45) is 0 Å². The molecule has 0 fully saturated rings. The molecule has 4 heteroatoms. The number of amidine groups is 1. The van der Waals surface area contributed by atoms with E-state index in [0.29, 0.717) is 5.84 Å². The van der Waals surface area contributed by atoms with Crippen LogP contribution in [0.25, 0.3) is 0 Å². The maximum Gasteiger partial charge on any atom is 0.210 e. The van der Waals surface area contributed by atoms with Crippen LogP contribution in [0.3, 0.4) is 0 Å². The summed E-state index contributed by atoms with van der Waals surface area (Å²) in [6.45, 7) is 5.73. The molecular formula is C9H19N3O. The average molecular weight is 185 g/mol. The molecule has 0 spiro atoms. The number of amides is 1. The SMILES string of the molecule is CC(C)N(C=O)C(C)C(=N)N(C)C. The lowest BCUT2D eigenvalue weighted by atomic mass is 10.2. The fourth-order valence-corrected chi connectivity index (χ4v) is 1.18. The molecule has 0 radical (unpaired) electrons. The van der Waals surface area contributed by atoms with Gasteiger partial charge in [0.1, 0.15) is 5.84 Å². The van der Waals surface area contributed by atoms with Crippen molar-refractivity contribution in [2.45, 2.75) is 32.9 Å². The van der Waals surface area contributed by atoms with Crippen LogP contribution in [0.15, 0.2) is 0 Å². The predicted octanol–water partition coefficient (Wildman–Crippen LogP) is 0.781. The summed E-state index contributed by atoms with van der Waals surface area (Å²) in [5, 5.41) is 7.70. The molecule has 0 aliphatic heterocycles. The van der Waals surface area contributed by atoms with E-state index in [4.69, 9.17) is 5.41 Å². The van der Waals surface area contributed by atoms with E-state index in [1.54, 1.807) is 9.80 Å². The van der Waals surface area contributed by atoms with Crippen LogP contribution in [0.1, 0.15) is 20.8 Å². The first-order chi connectivity index (χ1) is 5.91. The highest BCUT2D eigenvalue weighted by atomic mass is 16.1. The van der Waals surface area contributed by atoms with Crippen molar-refractivity contribution in [3.8, 4) is 0 Å². The first-order valence-corrected chi connectivity index (χ1v) is 4.40. The molecule has 0 saturated heterocycles. The van der Waals surface area contributed by atoms with Gasteiger partial charge in [-0.05, 0) is 20.8 Å². The summed E-state index contributed by atoms with van der Waals surface area (Å²) in [4.78, 5) is 14.1. The van der Waals surface area contributed by atoms with Crippen LogP contribution >= 0.6 is 0 Å². The van der Waals surface area contributed by atoms with Gasteiger partial charge >= 0.3 is 0 Å². The topological polar surface area (TPSA) is 47.4 Å². The highest BCUT2D eigenvalue weighted by Crippen LogP contribution is 2.04. The van der Waals surface area contributed by atoms with Crippen LogP contribution in [0.2, 0.25) is 0 Å². The predicted molar refractivity (Wildman–Crippen MR) is 53.9 cm³/mol. The van der Waals surface area contributed by atoms with Gasteiger partial charge in [0.25, 0.3) is 0 Å². The van der Waals surface area contributed by atoms with Gasteiger partial charge in [-0.2, -0.15) is 0 Å². The Labute approximate surface area is 80.0 Å². The third kappa shape index (κ3) is 3.05. The molecule has 1 amide bonds. The molecule has 0 aromatic rings. The van der Waals surface area contributed by atoms with Crippen molar-refractivity contribution >= 4 is 12.2 Å². The molecule has 0 bridgehead atoms. The van der Waals surface area contributed by atoms with Gasteiger partial charge in [-0.15, -0.1) is 0 Å². The molecule has 1 N–H and O–H groups in total. The van der Waals surface area contributed by atoms with E-state index in [1.165, 1.54) is 0 Å². The lowest BCUT2D eigenvalue weighted by molar-refractivity contribution is -0.120. The largest absolute Gasteiger partial charge is 0.365 e. The van der Waals surface area contributed by atoms with Gasteiger partial charge in [-0.1, -0.05) is 0 Å². The average Bonchev–Trinajstić information content (AvgIpc) is 2.03. The molecule has 0 heterocycles. The zero-order valence-electron chi connectivity index (χ0n) is 9.03. The zero-order chi connectivity index (χ0) is 10.6. The van der Waals surface area contributed by atoms with Crippen LogP contribution < -0.4 is 0 Å². The van der Waals surface area contributed by atoms with Crippen molar-refractivity contribution < 1.29 is 4.79 Å². The second-order valence-electron chi connectivity index (χ2n) is 3.60. The van der Waals surface area contributed by atoms with E-state index >= 15 is 0 Å². The van der Waals surface area contributed by atoms with E-state index in [0.717, 1.165) is 6.41 Å². The molecular weight excluding hydrogens is 166 g/mol. The van der Waals surface area contributed by atoms with Crippen molar-refractivity contribution in [2.75, 3.05) is 14.1 Å². The number of nitrogens with one attached hydrogen (secondary N) is 1. The van der Waals surface area contributed by atoms with E-state index in [1.807, 2.05) is 34.9 Å². The van der Waals surface area contributed by atoms with E-state index in [2.05, 4.69) is 0 Å². The van der Waals surface area contributed by atoms with Gasteiger partial charge in [-0.3, -0.25) is 10.2 Å². The molecule has 76 valence electrons. The molecule has 0 aliphatic carbocycles. The summed E-state index contributed by atoms with van der Waals surface area (Å²) in [5.41, 5.74) is 0. The summed E-state index contributed by atoms with van der Waals surface area (Å²) in [7, 11) is 3.62. The van der Waals surface area contributed by atoms with Crippen molar-refractivity contribution in [1.29, 1.82) is 5.41 Å². The van der Waals surface area contributed by atoms with Crippen molar-refractivity contribution in [3.05, 3.63) is 0 Å². The van der Waals surface area contributed by atoms with Crippen LogP contribution in [-0.2, 0) is 4.79 Å². The Hall–Kier alpha value is -1.06. The fraction of sp³-hybridized carbons (Fsp3) is 0.778. The Morgan fingerprint density at radius 2 is 1.77 bits per heavy atom. The van der Waals surface area contributed by atoms with Crippen molar-refractivity contribution in [3.63, 3.8) is 0 Å². The quantitative estimate of drug-likeness (QED) is 0.400. The molecule has 13 heavy (non-hydrogen) atoms. The number of likely N-dealkylation sites (N-methyl/N-ethyl adjacent to an activating group) is 1. The number of carbonyl (C=O) groups excluding carboxylic acids is 1. The van der Waals surface area contributed by atoms with Gasteiger partial charge in [-0.25, -0.2) is 0 Å². The maximum absolute atomic E-state index is 10.7. The second-order valence-corrected chi connectivity index (χ2v) is 3.60. The Morgan fingerprint density at radius 3 is 2.00 bits per heavy atom. The van der Waals surface area contributed by atoms with Gasteiger partial charge in [0.2, 0.25) is 6.41 Å². The third-order valence-electron chi connectivity index (χ3n) is 2.04. The highest BCUT2D eigenvalue weighted by molar-refractivity contribution is 5.85. The molecule has 0 saturated carbocycles. The molecule has 0 rings (SSSR count). The minimum atomic E-state index is -0.160. The molecule has 1 unspecified atom stereocenters. The number of hydrogen-bond donors (Lipinski definition) is 1. The number of hydrogen-bond acceptors (Lipinski definition) is 2. The van der Waals surface area contributed by atoms with Gasteiger partial charge in [0, 0.05) is 20.1 Å². The van der Waals surface area contributed by atoms with E-state index < -0.39 is 0 Å².